The Labute approximate surface area is 130 Å². The Bertz CT molecular complexity index is 592. The number of benzene rings is 1. The topological polar surface area (TPSA) is 30.5 Å². The van der Waals surface area contributed by atoms with Crippen molar-refractivity contribution in [3.63, 3.8) is 0 Å². The van der Waals surface area contributed by atoms with Crippen LogP contribution in [0.2, 0.25) is 0 Å². The highest BCUT2D eigenvalue weighted by Crippen LogP contribution is 2.28. The van der Waals surface area contributed by atoms with Crippen molar-refractivity contribution in [2.24, 2.45) is 0 Å². The monoisotopic (exact) mass is 303 g/mol. The number of ether oxygens (including phenoxy) is 2. The minimum absolute atomic E-state index is 0.478. The first kappa shape index (κ1) is 15.6. The summed E-state index contributed by atoms with van der Waals surface area (Å²) in [6, 6.07) is 10.3. The lowest BCUT2D eigenvalue weighted by atomic mass is 10.2. The van der Waals surface area contributed by atoms with Crippen LogP contribution in [-0.2, 0) is 13.1 Å². The molecule has 0 unspecified atom stereocenters. The lowest BCUT2D eigenvalue weighted by molar-refractivity contribution is 0.326. The normalized spacial score (nSPS) is 10.4. The van der Waals surface area contributed by atoms with Crippen LogP contribution in [-0.4, -0.2) is 13.7 Å². The number of methoxy groups -OCH3 is 1. The molecule has 1 aromatic carbocycles. The standard InChI is InChI=1S/C17H21NO2S/c1-4-9-20-16-8-6-14(10-17(16)19-3)11-18-12-15-7-5-13(2)21-15/h4-8,10,18H,1,9,11-12H2,2-3H3. The van der Waals surface area contributed by atoms with E-state index >= 15 is 0 Å². The smallest absolute Gasteiger partial charge is 0.161 e. The van der Waals surface area contributed by atoms with Crippen LogP contribution in [0.1, 0.15) is 15.3 Å². The molecule has 0 aliphatic rings. The summed E-state index contributed by atoms with van der Waals surface area (Å²) in [7, 11) is 1.65. The van der Waals surface area contributed by atoms with Crippen LogP contribution >= 0.6 is 11.3 Å². The third kappa shape index (κ3) is 4.62. The zero-order chi connectivity index (χ0) is 15.1. The molecule has 0 aliphatic carbocycles. The molecular weight excluding hydrogens is 282 g/mol. The zero-order valence-corrected chi connectivity index (χ0v) is 13.3. The van der Waals surface area contributed by atoms with Crippen LogP contribution in [0.4, 0.5) is 0 Å². The van der Waals surface area contributed by atoms with Crippen molar-refractivity contribution in [1.29, 1.82) is 0 Å². The van der Waals surface area contributed by atoms with Gasteiger partial charge in [-0.2, -0.15) is 0 Å². The molecule has 0 saturated carbocycles. The number of hydrogen-bond donors (Lipinski definition) is 1. The summed E-state index contributed by atoms with van der Waals surface area (Å²) in [5.41, 5.74) is 1.17. The van der Waals surface area contributed by atoms with E-state index < -0.39 is 0 Å². The molecule has 21 heavy (non-hydrogen) atoms. The van der Waals surface area contributed by atoms with Gasteiger partial charge < -0.3 is 14.8 Å². The van der Waals surface area contributed by atoms with E-state index in [0.29, 0.717) is 6.61 Å². The summed E-state index contributed by atoms with van der Waals surface area (Å²) in [6.45, 7) is 7.93. The quantitative estimate of drug-likeness (QED) is 0.750. The molecule has 0 radical (unpaired) electrons. The van der Waals surface area contributed by atoms with Crippen molar-refractivity contribution < 1.29 is 9.47 Å². The van der Waals surface area contributed by atoms with Crippen LogP contribution < -0.4 is 14.8 Å². The van der Waals surface area contributed by atoms with E-state index in [-0.39, 0.29) is 0 Å². The molecule has 0 saturated heterocycles. The maximum Gasteiger partial charge on any atom is 0.161 e. The van der Waals surface area contributed by atoms with Gasteiger partial charge in [0.1, 0.15) is 6.61 Å². The fraction of sp³-hybridized carbons (Fsp3) is 0.294. The van der Waals surface area contributed by atoms with Gasteiger partial charge in [0.2, 0.25) is 0 Å². The van der Waals surface area contributed by atoms with E-state index in [1.165, 1.54) is 15.3 Å². The number of rotatable bonds is 8. The van der Waals surface area contributed by atoms with Crippen molar-refractivity contribution in [1.82, 2.24) is 5.32 Å². The Morgan fingerprint density at radius 3 is 2.71 bits per heavy atom. The Morgan fingerprint density at radius 2 is 2.05 bits per heavy atom. The average molecular weight is 303 g/mol. The highest BCUT2D eigenvalue weighted by atomic mass is 32.1. The summed E-state index contributed by atoms with van der Waals surface area (Å²) < 4.78 is 10.9. The fourth-order valence-corrected chi connectivity index (χ4v) is 2.86. The third-order valence-electron chi connectivity index (χ3n) is 3.01. The molecule has 0 atom stereocenters. The number of thiophene rings is 1. The number of aryl methyl sites for hydroxylation is 1. The molecule has 1 heterocycles. The van der Waals surface area contributed by atoms with Gasteiger partial charge in [0, 0.05) is 22.8 Å². The molecule has 3 nitrogen and oxygen atoms in total. The van der Waals surface area contributed by atoms with Crippen LogP contribution in [0.25, 0.3) is 0 Å². The molecule has 0 fully saturated rings. The van der Waals surface area contributed by atoms with Crippen LogP contribution in [0, 0.1) is 6.92 Å². The van der Waals surface area contributed by atoms with Gasteiger partial charge in [-0.1, -0.05) is 18.7 Å². The molecule has 2 aromatic rings. The van der Waals surface area contributed by atoms with Gasteiger partial charge in [-0.3, -0.25) is 0 Å². The van der Waals surface area contributed by atoms with Gasteiger partial charge >= 0.3 is 0 Å². The Hall–Kier alpha value is -1.78. The summed E-state index contributed by atoms with van der Waals surface area (Å²) in [5.74, 6) is 1.50. The fourth-order valence-electron chi connectivity index (χ4n) is 2.00. The average Bonchev–Trinajstić information content (AvgIpc) is 2.91. The molecule has 1 aromatic heterocycles. The molecule has 0 spiro atoms. The zero-order valence-electron chi connectivity index (χ0n) is 12.5. The maximum atomic E-state index is 5.55. The molecule has 2 rings (SSSR count). The second kappa shape index (κ2) is 7.86. The van der Waals surface area contributed by atoms with Gasteiger partial charge in [-0.15, -0.1) is 11.3 Å². The Balaban J connectivity index is 1.92. The molecular formula is C17H21NO2S. The van der Waals surface area contributed by atoms with Gasteiger partial charge in [-0.25, -0.2) is 0 Å². The predicted octanol–water partition coefficient (Wildman–Crippen LogP) is 3.92. The summed E-state index contributed by atoms with van der Waals surface area (Å²) in [6.07, 6.45) is 1.72. The second-order valence-corrected chi connectivity index (χ2v) is 6.07. The lowest BCUT2D eigenvalue weighted by Crippen LogP contribution is -2.11. The van der Waals surface area contributed by atoms with E-state index in [0.717, 1.165) is 24.6 Å². The van der Waals surface area contributed by atoms with Crippen molar-refractivity contribution in [3.05, 3.63) is 58.3 Å². The first-order valence-electron chi connectivity index (χ1n) is 6.89. The molecule has 4 heteroatoms. The number of nitrogens with one attached hydrogen (secondary N) is 1. The van der Waals surface area contributed by atoms with Gasteiger partial charge in [0.25, 0.3) is 0 Å². The van der Waals surface area contributed by atoms with Crippen LogP contribution in [0.15, 0.2) is 43.0 Å². The summed E-state index contributed by atoms with van der Waals surface area (Å²) in [4.78, 5) is 2.70. The highest BCUT2D eigenvalue weighted by Gasteiger charge is 2.05. The SMILES string of the molecule is C=CCOc1ccc(CNCc2ccc(C)s2)cc1OC. The van der Waals surface area contributed by atoms with E-state index in [2.05, 4.69) is 31.0 Å². The van der Waals surface area contributed by atoms with E-state index in [1.54, 1.807) is 13.2 Å². The largest absolute Gasteiger partial charge is 0.493 e. The van der Waals surface area contributed by atoms with Crippen LogP contribution in [0.3, 0.4) is 0 Å². The van der Waals surface area contributed by atoms with Crippen molar-refractivity contribution >= 4 is 11.3 Å². The van der Waals surface area contributed by atoms with Crippen LogP contribution in [0.5, 0.6) is 11.5 Å². The minimum atomic E-state index is 0.478. The lowest BCUT2D eigenvalue weighted by Gasteiger charge is -2.11. The maximum absolute atomic E-state index is 5.55. The van der Waals surface area contributed by atoms with Gasteiger partial charge in [-0.05, 0) is 36.8 Å². The molecule has 112 valence electrons. The Kier molecular flexibility index (Phi) is 5.84. The third-order valence-corrected chi connectivity index (χ3v) is 4.01. The molecule has 0 aliphatic heterocycles. The minimum Gasteiger partial charge on any atom is -0.493 e. The van der Waals surface area contributed by atoms with E-state index in [1.807, 2.05) is 29.5 Å². The van der Waals surface area contributed by atoms with Crippen molar-refractivity contribution in [2.45, 2.75) is 20.0 Å². The molecule has 1 N–H and O–H groups in total. The second-order valence-electron chi connectivity index (χ2n) is 4.70. The first-order valence-corrected chi connectivity index (χ1v) is 7.71. The first-order chi connectivity index (χ1) is 10.2. The Morgan fingerprint density at radius 1 is 1.19 bits per heavy atom. The van der Waals surface area contributed by atoms with Gasteiger partial charge in [0.05, 0.1) is 7.11 Å². The van der Waals surface area contributed by atoms with E-state index in [9.17, 15) is 0 Å². The van der Waals surface area contributed by atoms with Crippen molar-refractivity contribution in [2.75, 3.05) is 13.7 Å². The van der Waals surface area contributed by atoms with Gasteiger partial charge in [0.15, 0.2) is 11.5 Å². The molecule has 0 amide bonds. The predicted molar refractivity (Wildman–Crippen MR) is 88.3 cm³/mol. The number of hydrogen-bond acceptors (Lipinski definition) is 4. The summed E-state index contributed by atoms with van der Waals surface area (Å²) >= 11 is 1.83. The highest BCUT2D eigenvalue weighted by molar-refractivity contribution is 7.11. The van der Waals surface area contributed by atoms with E-state index in [4.69, 9.17) is 9.47 Å². The summed E-state index contributed by atoms with van der Waals surface area (Å²) in [5, 5.41) is 3.44. The molecule has 0 bridgehead atoms. The van der Waals surface area contributed by atoms with Crippen molar-refractivity contribution in [3.8, 4) is 11.5 Å².